The van der Waals surface area contributed by atoms with Crippen LogP contribution in [-0.2, 0) is 6.18 Å². The van der Waals surface area contributed by atoms with Crippen LogP contribution in [0.2, 0.25) is 0 Å². The SMILES string of the molecule is CCCCC(C)c1ccc(OC)cc1C(F)(F)F. The average molecular weight is 260 g/mol. The molecule has 0 bridgehead atoms. The molecule has 18 heavy (non-hydrogen) atoms. The molecule has 0 N–H and O–H groups in total. The van der Waals surface area contributed by atoms with Gasteiger partial charge in [-0.25, -0.2) is 0 Å². The van der Waals surface area contributed by atoms with Crippen molar-refractivity contribution in [1.29, 1.82) is 0 Å². The summed E-state index contributed by atoms with van der Waals surface area (Å²) in [6.07, 6.45) is -1.64. The maximum Gasteiger partial charge on any atom is 0.416 e. The van der Waals surface area contributed by atoms with Crippen LogP contribution in [0.1, 0.15) is 50.2 Å². The van der Waals surface area contributed by atoms with E-state index in [-0.39, 0.29) is 11.7 Å². The largest absolute Gasteiger partial charge is 0.497 e. The van der Waals surface area contributed by atoms with Gasteiger partial charge in [0.05, 0.1) is 12.7 Å². The van der Waals surface area contributed by atoms with Crippen LogP contribution in [-0.4, -0.2) is 7.11 Å². The highest BCUT2D eigenvalue weighted by Gasteiger charge is 2.34. The molecule has 1 atom stereocenters. The molecule has 1 aromatic carbocycles. The van der Waals surface area contributed by atoms with Crippen LogP contribution in [0.15, 0.2) is 18.2 Å². The lowest BCUT2D eigenvalue weighted by atomic mass is 9.91. The van der Waals surface area contributed by atoms with Gasteiger partial charge in [-0.05, 0) is 30.0 Å². The summed E-state index contributed by atoms with van der Waals surface area (Å²) in [4.78, 5) is 0. The van der Waals surface area contributed by atoms with Crippen molar-refractivity contribution in [3.8, 4) is 5.75 Å². The Morgan fingerprint density at radius 2 is 1.94 bits per heavy atom. The van der Waals surface area contributed by atoms with E-state index in [0.29, 0.717) is 5.56 Å². The van der Waals surface area contributed by atoms with Crippen molar-refractivity contribution in [2.45, 2.75) is 45.2 Å². The minimum atomic E-state index is -4.33. The standard InChI is InChI=1S/C14H19F3O/c1-4-5-6-10(2)12-8-7-11(18-3)9-13(12)14(15,16)17/h7-10H,4-6H2,1-3H3. The number of hydrogen-bond acceptors (Lipinski definition) is 1. The smallest absolute Gasteiger partial charge is 0.416 e. The third-order valence-electron chi connectivity index (χ3n) is 3.09. The van der Waals surface area contributed by atoms with E-state index in [1.807, 2.05) is 13.8 Å². The zero-order chi connectivity index (χ0) is 13.8. The molecule has 0 spiro atoms. The van der Waals surface area contributed by atoms with Crippen LogP contribution in [0.4, 0.5) is 13.2 Å². The summed E-state index contributed by atoms with van der Waals surface area (Å²) in [6.45, 7) is 3.87. The molecule has 0 aromatic heterocycles. The molecule has 0 heterocycles. The number of ether oxygens (including phenoxy) is 1. The second kappa shape index (κ2) is 6.12. The molecule has 0 saturated carbocycles. The fraction of sp³-hybridized carbons (Fsp3) is 0.571. The minimum absolute atomic E-state index is 0.0903. The highest BCUT2D eigenvalue weighted by atomic mass is 19.4. The molecule has 1 aromatic rings. The molecule has 0 aliphatic carbocycles. The lowest BCUT2D eigenvalue weighted by Gasteiger charge is -2.19. The molecule has 0 saturated heterocycles. The quantitative estimate of drug-likeness (QED) is 0.723. The van der Waals surface area contributed by atoms with Crippen molar-refractivity contribution in [3.05, 3.63) is 29.3 Å². The predicted octanol–water partition coefficient (Wildman–Crippen LogP) is 5.01. The zero-order valence-corrected chi connectivity index (χ0v) is 11.0. The zero-order valence-electron chi connectivity index (χ0n) is 11.0. The van der Waals surface area contributed by atoms with Gasteiger partial charge in [-0.3, -0.25) is 0 Å². The summed E-state index contributed by atoms with van der Waals surface area (Å²) in [5, 5.41) is 0. The van der Waals surface area contributed by atoms with Gasteiger partial charge in [0.25, 0.3) is 0 Å². The third kappa shape index (κ3) is 3.65. The third-order valence-corrected chi connectivity index (χ3v) is 3.09. The van der Waals surface area contributed by atoms with Gasteiger partial charge in [-0.15, -0.1) is 0 Å². The average Bonchev–Trinajstić information content (AvgIpc) is 2.34. The second-order valence-electron chi connectivity index (χ2n) is 4.49. The Kier molecular flexibility index (Phi) is 5.05. The molecule has 1 rings (SSSR count). The van der Waals surface area contributed by atoms with E-state index in [9.17, 15) is 13.2 Å². The van der Waals surface area contributed by atoms with E-state index >= 15 is 0 Å². The van der Waals surface area contributed by atoms with Crippen LogP contribution < -0.4 is 4.74 Å². The van der Waals surface area contributed by atoms with Gasteiger partial charge in [0.2, 0.25) is 0 Å². The molecule has 0 aliphatic rings. The monoisotopic (exact) mass is 260 g/mol. The van der Waals surface area contributed by atoms with E-state index in [1.54, 1.807) is 6.07 Å². The van der Waals surface area contributed by atoms with Gasteiger partial charge in [0.15, 0.2) is 0 Å². The summed E-state index contributed by atoms with van der Waals surface area (Å²) < 4.78 is 43.8. The number of rotatable bonds is 5. The first-order valence-electron chi connectivity index (χ1n) is 6.15. The van der Waals surface area contributed by atoms with Crippen molar-refractivity contribution in [2.24, 2.45) is 0 Å². The lowest BCUT2D eigenvalue weighted by Crippen LogP contribution is -2.11. The normalized spacial score (nSPS) is 13.4. The Bertz CT molecular complexity index is 385. The molecule has 102 valence electrons. The molecule has 0 fully saturated rings. The maximum atomic E-state index is 13.0. The summed E-state index contributed by atoms with van der Waals surface area (Å²) >= 11 is 0. The Balaban J connectivity index is 3.10. The topological polar surface area (TPSA) is 9.23 Å². The summed E-state index contributed by atoms with van der Waals surface area (Å²) in [5.41, 5.74) is -0.220. The maximum absolute atomic E-state index is 13.0. The first-order chi connectivity index (χ1) is 8.40. The predicted molar refractivity (Wildman–Crippen MR) is 65.9 cm³/mol. The summed E-state index contributed by atoms with van der Waals surface area (Å²) in [7, 11) is 1.37. The Morgan fingerprint density at radius 3 is 2.44 bits per heavy atom. The van der Waals surface area contributed by atoms with Crippen molar-refractivity contribution >= 4 is 0 Å². The molecule has 0 amide bonds. The van der Waals surface area contributed by atoms with Crippen molar-refractivity contribution < 1.29 is 17.9 Å². The number of methoxy groups -OCH3 is 1. The van der Waals surface area contributed by atoms with Crippen molar-refractivity contribution in [2.75, 3.05) is 7.11 Å². The van der Waals surface area contributed by atoms with Gasteiger partial charge in [-0.1, -0.05) is 32.8 Å². The first kappa shape index (κ1) is 14.9. The van der Waals surface area contributed by atoms with Crippen molar-refractivity contribution in [3.63, 3.8) is 0 Å². The van der Waals surface area contributed by atoms with E-state index in [4.69, 9.17) is 4.74 Å². The van der Waals surface area contributed by atoms with Crippen LogP contribution in [0.5, 0.6) is 5.75 Å². The number of benzene rings is 1. The first-order valence-corrected chi connectivity index (χ1v) is 6.15. The second-order valence-corrected chi connectivity index (χ2v) is 4.49. The molecular formula is C14H19F3O. The van der Waals surface area contributed by atoms with Gasteiger partial charge in [0, 0.05) is 0 Å². The number of alkyl halides is 3. The van der Waals surface area contributed by atoms with Crippen LogP contribution in [0.25, 0.3) is 0 Å². The van der Waals surface area contributed by atoms with E-state index in [1.165, 1.54) is 13.2 Å². The lowest BCUT2D eigenvalue weighted by molar-refractivity contribution is -0.138. The van der Waals surface area contributed by atoms with Crippen LogP contribution in [0, 0.1) is 0 Å². The van der Waals surface area contributed by atoms with Gasteiger partial charge in [0.1, 0.15) is 5.75 Å². The molecule has 1 unspecified atom stereocenters. The molecule has 0 radical (unpaired) electrons. The minimum Gasteiger partial charge on any atom is -0.497 e. The van der Waals surface area contributed by atoms with Gasteiger partial charge >= 0.3 is 6.18 Å². The van der Waals surface area contributed by atoms with Gasteiger partial charge < -0.3 is 4.74 Å². The number of unbranched alkanes of at least 4 members (excludes halogenated alkanes) is 1. The van der Waals surface area contributed by atoms with E-state index < -0.39 is 11.7 Å². The van der Waals surface area contributed by atoms with E-state index in [2.05, 4.69) is 0 Å². The molecule has 0 aliphatic heterocycles. The Hall–Kier alpha value is -1.19. The van der Waals surface area contributed by atoms with Crippen LogP contribution in [0.3, 0.4) is 0 Å². The van der Waals surface area contributed by atoms with Crippen LogP contribution >= 0.6 is 0 Å². The van der Waals surface area contributed by atoms with E-state index in [0.717, 1.165) is 25.3 Å². The molecule has 1 nitrogen and oxygen atoms in total. The Morgan fingerprint density at radius 1 is 1.28 bits per heavy atom. The highest BCUT2D eigenvalue weighted by molar-refractivity contribution is 5.39. The molecule has 4 heteroatoms. The summed E-state index contributed by atoms with van der Waals surface area (Å²) in [6, 6.07) is 4.20. The number of hydrogen-bond donors (Lipinski definition) is 0. The fourth-order valence-corrected chi connectivity index (χ4v) is 2.00. The number of halogens is 3. The van der Waals surface area contributed by atoms with Gasteiger partial charge in [-0.2, -0.15) is 13.2 Å². The Labute approximate surface area is 106 Å². The fourth-order valence-electron chi connectivity index (χ4n) is 2.00. The van der Waals surface area contributed by atoms with Crippen molar-refractivity contribution in [1.82, 2.24) is 0 Å². The highest BCUT2D eigenvalue weighted by Crippen LogP contribution is 2.38. The summed E-state index contributed by atoms with van der Waals surface area (Å²) in [5.74, 6) is 0.154. The molecular weight excluding hydrogens is 241 g/mol.